The number of hydrogen-bond acceptors (Lipinski definition) is 8. The van der Waals surface area contributed by atoms with Crippen molar-refractivity contribution in [2.24, 2.45) is 23.2 Å². The first-order valence-electron chi connectivity index (χ1n) is 15.4. The smallest absolute Gasteiger partial charge is 0.408 e. The van der Waals surface area contributed by atoms with Gasteiger partial charge in [0.25, 0.3) is 0 Å². The number of hydrogen-bond donors (Lipinski definition) is 1. The molecule has 45 heavy (non-hydrogen) atoms. The molecule has 4 aliphatic rings. The second-order valence-electron chi connectivity index (χ2n) is 13.5. The molecule has 2 aromatic rings. The predicted molar refractivity (Wildman–Crippen MR) is 158 cm³/mol. The Balaban J connectivity index is 1.41. The SMILES string of the molecule is COC(=O)[C@@H]1C[C@@H]2CN1C(=O)[C@H](C(C)(C)C)NC(=O)O[C@@H]1CC3C[C@@H]3[C@H]1CCC=C=CC(F)(F)c1nc3ccccc3nc1O2. The number of benzene rings is 1. The van der Waals surface area contributed by atoms with Crippen molar-refractivity contribution >= 4 is 29.0 Å². The van der Waals surface area contributed by atoms with E-state index in [9.17, 15) is 14.4 Å². The number of alkyl carbamates (subject to hydrolysis) is 1. The monoisotopic (exact) mass is 624 g/mol. The highest BCUT2D eigenvalue weighted by molar-refractivity contribution is 5.91. The zero-order valence-electron chi connectivity index (χ0n) is 25.8. The van der Waals surface area contributed by atoms with Crippen LogP contribution in [0.25, 0.3) is 11.0 Å². The van der Waals surface area contributed by atoms with Crippen molar-refractivity contribution in [2.45, 2.75) is 83.1 Å². The van der Waals surface area contributed by atoms with E-state index in [-0.39, 0.29) is 30.5 Å². The van der Waals surface area contributed by atoms with Crippen molar-refractivity contribution in [1.29, 1.82) is 0 Å². The molecule has 2 bridgehead atoms. The van der Waals surface area contributed by atoms with Gasteiger partial charge in [0, 0.05) is 12.5 Å². The first kappa shape index (κ1) is 31.0. The van der Waals surface area contributed by atoms with E-state index in [1.807, 2.05) is 0 Å². The fourth-order valence-corrected chi connectivity index (χ4v) is 6.97. The van der Waals surface area contributed by atoms with Gasteiger partial charge in [0.2, 0.25) is 11.8 Å². The number of nitrogens with one attached hydrogen (secondary N) is 1. The summed E-state index contributed by atoms with van der Waals surface area (Å²) in [5, 5.41) is 2.78. The Hall–Kier alpha value is -4.05. The van der Waals surface area contributed by atoms with Crippen LogP contribution in [0.1, 0.15) is 58.6 Å². The van der Waals surface area contributed by atoms with Crippen LogP contribution in [0.5, 0.6) is 5.88 Å². The molecular formula is C33H38F2N4O6. The van der Waals surface area contributed by atoms with Gasteiger partial charge in [-0.3, -0.25) is 4.79 Å². The molecule has 2 saturated carbocycles. The summed E-state index contributed by atoms with van der Waals surface area (Å²) in [5.41, 5.74) is 1.79. The molecule has 2 aliphatic heterocycles. The van der Waals surface area contributed by atoms with Crippen molar-refractivity contribution in [2.75, 3.05) is 13.7 Å². The first-order valence-corrected chi connectivity index (χ1v) is 15.4. The van der Waals surface area contributed by atoms with Gasteiger partial charge in [-0.1, -0.05) is 32.9 Å². The van der Waals surface area contributed by atoms with Gasteiger partial charge in [0.15, 0.2) is 5.69 Å². The third-order valence-electron chi connectivity index (χ3n) is 9.35. The zero-order valence-corrected chi connectivity index (χ0v) is 25.8. The molecule has 3 fully saturated rings. The number of fused-ring (bicyclic) bond motifs is 7. The number of carbonyl (C=O) groups excluding carboxylic acids is 3. The highest BCUT2D eigenvalue weighted by atomic mass is 19.3. The molecule has 1 N–H and O–H groups in total. The number of para-hydroxylation sites is 2. The van der Waals surface area contributed by atoms with E-state index in [4.69, 9.17) is 14.2 Å². The number of aromatic nitrogens is 2. The number of rotatable bonds is 1. The number of alkyl halides is 2. The van der Waals surface area contributed by atoms with Crippen molar-refractivity contribution in [3.8, 4) is 5.88 Å². The molecule has 0 spiro atoms. The number of ether oxygens (including phenoxy) is 3. The second-order valence-corrected chi connectivity index (χ2v) is 13.5. The van der Waals surface area contributed by atoms with Crippen molar-refractivity contribution in [1.82, 2.24) is 20.2 Å². The summed E-state index contributed by atoms with van der Waals surface area (Å²) in [6.07, 6.45) is 3.14. The number of allylic oxidation sites excluding steroid dienone is 1. The van der Waals surface area contributed by atoms with Crippen LogP contribution < -0.4 is 10.1 Å². The summed E-state index contributed by atoms with van der Waals surface area (Å²) in [6.45, 7) is 5.27. The minimum absolute atomic E-state index is 0.0402. The molecular weight excluding hydrogens is 586 g/mol. The highest BCUT2D eigenvalue weighted by Gasteiger charge is 2.54. The van der Waals surface area contributed by atoms with Crippen LogP contribution in [0, 0.1) is 23.2 Å². The van der Waals surface area contributed by atoms with Crippen LogP contribution in [0.4, 0.5) is 13.6 Å². The van der Waals surface area contributed by atoms with Gasteiger partial charge >= 0.3 is 18.0 Å². The number of amides is 2. The Kier molecular flexibility index (Phi) is 8.05. The van der Waals surface area contributed by atoms with Gasteiger partial charge in [-0.05, 0) is 67.1 Å². The summed E-state index contributed by atoms with van der Waals surface area (Å²) in [4.78, 5) is 50.1. The van der Waals surface area contributed by atoms with Crippen molar-refractivity contribution in [3.05, 3.63) is 47.8 Å². The molecule has 240 valence electrons. The molecule has 3 heterocycles. The lowest BCUT2D eigenvalue weighted by Gasteiger charge is -2.35. The lowest BCUT2D eigenvalue weighted by Crippen LogP contribution is -2.57. The standard InChI is InChI=1S/C33H38F2N4O6/c1-32(2,3)27-29(40)39-17-19(16-24(39)30(41)43-4)44-28-26(36-22-11-7-8-12-23(22)37-28)33(34,35)13-9-5-6-10-20-21-14-18(21)15-25(20)45-31(42)38-27/h5,7-8,11-13,18-21,24-25,27H,6,10,14-17H2,1-4H3,(H,38,42)/t9?,18?,19-,20-,21+,24+,25-,27-/m1/s1. The number of nitrogens with zero attached hydrogens (tertiary/aromatic N) is 3. The van der Waals surface area contributed by atoms with Gasteiger partial charge in [-0.25, -0.2) is 19.6 Å². The van der Waals surface area contributed by atoms with Crippen LogP contribution in [-0.2, 0) is 25.0 Å². The van der Waals surface area contributed by atoms with E-state index >= 15 is 8.78 Å². The molecule has 2 amide bonds. The lowest BCUT2D eigenvalue weighted by atomic mass is 9.85. The second kappa shape index (κ2) is 11.7. The minimum Gasteiger partial charge on any atom is -0.471 e. The summed E-state index contributed by atoms with van der Waals surface area (Å²) in [7, 11) is 1.20. The van der Waals surface area contributed by atoms with Crippen LogP contribution in [-0.4, -0.2) is 70.8 Å². The molecule has 1 aromatic heterocycles. The maximum Gasteiger partial charge on any atom is 0.408 e. The molecule has 12 heteroatoms. The van der Waals surface area contributed by atoms with Gasteiger partial charge in [-0.2, -0.15) is 8.78 Å². The van der Waals surface area contributed by atoms with Crippen LogP contribution in [0.15, 0.2) is 42.1 Å². The first-order chi connectivity index (χ1) is 21.4. The van der Waals surface area contributed by atoms with E-state index in [0.717, 1.165) is 12.8 Å². The molecule has 7 atom stereocenters. The summed E-state index contributed by atoms with van der Waals surface area (Å²) in [6, 6.07) is 4.48. The normalized spacial score (nSPS) is 31.3. The van der Waals surface area contributed by atoms with E-state index < -0.39 is 59.1 Å². The zero-order chi connectivity index (χ0) is 32.1. The van der Waals surface area contributed by atoms with E-state index in [0.29, 0.717) is 36.3 Å². The molecule has 2 aliphatic carbocycles. The summed E-state index contributed by atoms with van der Waals surface area (Å²) >= 11 is 0. The maximum absolute atomic E-state index is 15.8. The Bertz CT molecular complexity index is 1570. The Morgan fingerprint density at radius 1 is 1.09 bits per heavy atom. The molecule has 1 unspecified atom stereocenters. The van der Waals surface area contributed by atoms with E-state index in [1.165, 1.54) is 12.0 Å². The van der Waals surface area contributed by atoms with Crippen molar-refractivity contribution in [3.63, 3.8) is 0 Å². The van der Waals surface area contributed by atoms with Crippen molar-refractivity contribution < 1.29 is 37.4 Å². The molecule has 6 rings (SSSR count). The number of esters is 1. The highest BCUT2D eigenvalue weighted by Crippen LogP contribution is 2.57. The maximum atomic E-state index is 15.8. The minimum atomic E-state index is -3.59. The molecule has 1 aromatic carbocycles. The molecule has 1 saturated heterocycles. The van der Waals surface area contributed by atoms with E-state index in [1.54, 1.807) is 51.1 Å². The number of halogens is 2. The lowest BCUT2D eigenvalue weighted by molar-refractivity contribution is -0.152. The predicted octanol–water partition coefficient (Wildman–Crippen LogP) is 4.91. The summed E-state index contributed by atoms with van der Waals surface area (Å²) < 4.78 is 48.5. The topological polar surface area (TPSA) is 120 Å². The Labute approximate surface area is 260 Å². The Morgan fingerprint density at radius 3 is 2.53 bits per heavy atom. The van der Waals surface area contributed by atoms with Crippen LogP contribution in [0.3, 0.4) is 0 Å². The molecule has 10 nitrogen and oxygen atoms in total. The quantitative estimate of drug-likeness (QED) is 0.351. The third kappa shape index (κ3) is 6.25. The summed E-state index contributed by atoms with van der Waals surface area (Å²) in [5.74, 6) is -4.24. The van der Waals surface area contributed by atoms with Gasteiger partial charge in [-0.15, -0.1) is 5.73 Å². The van der Waals surface area contributed by atoms with Gasteiger partial charge < -0.3 is 24.4 Å². The fourth-order valence-electron chi connectivity index (χ4n) is 6.97. The molecule has 0 radical (unpaired) electrons. The fraction of sp³-hybridized carbons (Fsp3) is 0.576. The Morgan fingerprint density at radius 2 is 1.82 bits per heavy atom. The van der Waals surface area contributed by atoms with Gasteiger partial charge in [0.05, 0.1) is 24.7 Å². The number of carbonyl (C=O) groups is 3. The van der Waals surface area contributed by atoms with Crippen LogP contribution >= 0.6 is 0 Å². The average Bonchev–Trinajstić information content (AvgIpc) is 3.48. The van der Waals surface area contributed by atoms with Gasteiger partial charge in [0.1, 0.15) is 24.3 Å². The average molecular weight is 625 g/mol. The van der Waals surface area contributed by atoms with E-state index in [2.05, 4.69) is 21.0 Å². The van der Waals surface area contributed by atoms with Crippen LogP contribution in [0.2, 0.25) is 0 Å². The third-order valence-corrected chi connectivity index (χ3v) is 9.35. The number of methoxy groups -OCH3 is 1. The largest absolute Gasteiger partial charge is 0.471 e.